The van der Waals surface area contributed by atoms with Crippen molar-refractivity contribution < 1.29 is 9.90 Å². The number of hydrogen-bond acceptors (Lipinski definition) is 3. The minimum Gasteiger partial charge on any atom is -0.480 e. The molecule has 0 amide bonds. The van der Waals surface area contributed by atoms with Gasteiger partial charge in [-0.3, -0.25) is 4.79 Å². The smallest absolute Gasteiger partial charge is 0.322 e. The highest BCUT2D eigenvalue weighted by Crippen LogP contribution is 2.36. The Morgan fingerprint density at radius 3 is 2.59 bits per heavy atom. The van der Waals surface area contributed by atoms with E-state index in [4.69, 9.17) is 10.8 Å². The summed E-state index contributed by atoms with van der Waals surface area (Å²) in [5, 5.41) is 9.03. The number of carbonyl (C=O) groups is 1. The predicted octanol–water partition coefficient (Wildman–Crippen LogP) is 1.08. The normalized spacial score (nSPS) is 20.2. The number of carboxylic acid groups (broad SMARTS) is 1. The molecule has 2 rings (SSSR count). The van der Waals surface area contributed by atoms with Crippen LogP contribution in [0, 0.1) is 13.8 Å². The lowest BCUT2D eigenvalue weighted by Crippen LogP contribution is -2.49. The van der Waals surface area contributed by atoms with E-state index in [2.05, 4.69) is 19.1 Å². The Kier molecular flexibility index (Phi) is 2.83. The molecule has 1 aromatic carbocycles. The Morgan fingerprint density at radius 2 is 2.06 bits per heavy atom. The number of hydrogen-bond donors (Lipinski definition) is 2. The van der Waals surface area contributed by atoms with Gasteiger partial charge in [-0.1, -0.05) is 12.1 Å². The van der Waals surface area contributed by atoms with Crippen molar-refractivity contribution in [2.24, 2.45) is 5.73 Å². The molecule has 0 saturated carbocycles. The van der Waals surface area contributed by atoms with E-state index in [1.54, 1.807) is 0 Å². The zero-order chi connectivity index (χ0) is 12.7. The number of nitrogens with zero attached hydrogens (tertiary/aromatic N) is 1. The molecule has 0 spiro atoms. The highest BCUT2D eigenvalue weighted by molar-refractivity contribution is 5.77. The van der Waals surface area contributed by atoms with E-state index in [1.165, 1.54) is 16.7 Å². The molecule has 0 bridgehead atoms. The number of aliphatic carboxylic acids is 1. The Hall–Kier alpha value is -1.55. The van der Waals surface area contributed by atoms with Gasteiger partial charge < -0.3 is 15.7 Å². The molecular formula is C13H18N2O2. The maximum absolute atomic E-state index is 11.0. The van der Waals surface area contributed by atoms with Crippen molar-refractivity contribution in [3.05, 3.63) is 28.8 Å². The van der Waals surface area contributed by atoms with E-state index in [0.717, 1.165) is 5.69 Å². The topological polar surface area (TPSA) is 66.6 Å². The van der Waals surface area contributed by atoms with E-state index >= 15 is 0 Å². The number of likely N-dealkylation sites (N-methyl/N-ethyl adjacent to an activating group) is 1. The highest BCUT2D eigenvalue weighted by Gasteiger charge is 2.36. The van der Waals surface area contributed by atoms with Crippen LogP contribution in [0.1, 0.15) is 16.7 Å². The number of rotatable bonds is 2. The largest absolute Gasteiger partial charge is 0.480 e. The standard InChI is InChI=1S/C13H18N2O2/c1-7-4-5-8(2)12-9(7)6-10(15(12)3)11(14)13(16)17/h4-5,10-11H,6,14H2,1-3H3,(H,16,17). The van der Waals surface area contributed by atoms with Crippen LogP contribution in [0.25, 0.3) is 0 Å². The summed E-state index contributed by atoms with van der Waals surface area (Å²) in [7, 11) is 1.92. The van der Waals surface area contributed by atoms with Crippen LogP contribution in [-0.4, -0.2) is 30.2 Å². The molecule has 0 saturated heterocycles. The molecule has 0 aromatic heterocycles. The van der Waals surface area contributed by atoms with E-state index in [1.807, 2.05) is 18.9 Å². The van der Waals surface area contributed by atoms with Crippen LogP contribution in [0.4, 0.5) is 5.69 Å². The summed E-state index contributed by atoms with van der Waals surface area (Å²) in [6.07, 6.45) is 0.715. The van der Waals surface area contributed by atoms with Crippen molar-refractivity contribution in [1.29, 1.82) is 0 Å². The zero-order valence-electron chi connectivity index (χ0n) is 10.4. The number of carboxylic acids is 1. The van der Waals surface area contributed by atoms with E-state index < -0.39 is 12.0 Å². The first-order valence-corrected chi connectivity index (χ1v) is 5.73. The lowest BCUT2D eigenvalue weighted by atomic mass is 9.99. The Morgan fingerprint density at radius 1 is 1.47 bits per heavy atom. The zero-order valence-corrected chi connectivity index (χ0v) is 10.4. The predicted molar refractivity (Wildman–Crippen MR) is 67.4 cm³/mol. The molecule has 1 aliphatic heterocycles. The van der Waals surface area contributed by atoms with Crippen LogP contribution in [0.5, 0.6) is 0 Å². The molecular weight excluding hydrogens is 216 g/mol. The molecule has 0 radical (unpaired) electrons. The number of benzene rings is 1. The lowest BCUT2D eigenvalue weighted by Gasteiger charge is -2.26. The minimum atomic E-state index is -0.940. The quantitative estimate of drug-likeness (QED) is 0.803. The van der Waals surface area contributed by atoms with Gasteiger partial charge in [0.15, 0.2) is 0 Å². The van der Waals surface area contributed by atoms with Gasteiger partial charge in [0.2, 0.25) is 0 Å². The second-order valence-electron chi connectivity index (χ2n) is 4.77. The first-order valence-electron chi connectivity index (χ1n) is 5.73. The summed E-state index contributed by atoms with van der Waals surface area (Å²) >= 11 is 0. The molecule has 4 nitrogen and oxygen atoms in total. The number of nitrogens with two attached hydrogens (primary N) is 1. The van der Waals surface area contributed by atoms with Crippen molar-refractivity contribution >= 4 is 11.7 Å². The third-order valence-corrected chi connectivity index (χ3v) is 3.68. The van der Waals surface area contributed by atoms with Crippen molar-refractivity contribution in [3.63, 3.8) is 0 Å². The molecule has 2 unspecified atom stereocenters. The fourth-order valence-corrected chi connectivity index (χ4v) is 2.65. The fourth-order valence-electron chi connectivity index (χ4n) is 2.65. The molecule has 1 heterocycles. The third kappa shape index (κ3) is 1.78. The molecule has 4 heteroatoms. The average molecular weight is 234 g/mol. The fraction of sp³-hybridized carbons (Fsp3) is 0.462. The number of anilines is 1. The highest BCUT2D eigenvalue weighted by atomic mass is 16.4. The van der Waals surface area contributed by atoms with Gasteiger partial charge in [-0.05, 0) is 37.0 Å². The molecule has 2 atom stereocenters. The molecule has 0 aliphatic carbocycles. The maximum atomic E-state index is 11.0. The minimum absolute atomic E-state index is 0.151. The Balaban J connectivity index is 2.42. The number of aryl methyl sites for hydroxylation is 2. The van der Waals surface area contributed by atoms with Gasteiger partial charge in [-0.15, -0.1) is 0 Å². The van der Waals surface area contributed by atoms with Crippen LogP contribution in [0.3, 0.4) is 0 Å². The van der Waals surface area contributed by atoms with Gasteiger partial charge in [0.25, 0.3) is 0 Å². The molecule has 1 aromatic rings. The monoisotopic (exact) mass is 234 g/mol. The lowest BCUT2D eigenvalue weighted by molar-refractivity contribution is -0.139. The summed E-state index contributed by atoms with van der Waals surface area (Å²) in [5.41, 5.74) is 10.5. The van der Waals surface area contributed by atoms with E-state index in [9.17, 15) is 4.79 Å². The third-order valence-electron chi connectivity index (χ3n) is 3.68. The summed E-state index contributed by atoms with van der Waals surface area (Å²) in [5.74, 6) is -0.940. The number of fused-ring (bicyclic) bond motifs is 1. The van der Waals surface area contributed by atoms with Gasteiger partial charge in [-0.2, -0.15) is 0 Å². The van der Waals surface area contributed by atoms with E-state index in [0.29, 0.717) is 6.42 Å². The molecule has 3 N–H and O–H groups in total. The van der Waals surface area contributed by atoms with Crippen LogP contribution >= 0.6 is 0 Å². The summed E-state index contributed by atoms with van der Waals surface area (Å²) in [6, 6.07) is 3.16. The van der Waals surface area contributed by atoms with Crippen molar-refractivity contribution in [2.45, 2.75) is 32.4 Å². The molecule has 17 heavy (non-hydrogen) atoms. The molecule has 92 valence electrons. The second kappa shape index (κ2) is 4.04. The van der Waals surface area contributed by atoms with Crippen LogP contribution in [-0.2, 0) is 11.2 Å². The van der Waals surface area contributed by atoms with Crippen molar-refractivity contribution in [1.82, 2.24) is 0 Å². The van der Waals surface area contributed by atoms with E-state index in [-0.39, 0.29) is 6.04 Å². The first-order chi connectivity index (χ1) is 7.93. The maximum Gasteiger partial charge on any atom is 0.322 e. The Labute approximate surface area is 101 Å². The SMILES string of the molecule is Cc1ccc(C)c2c1CC(C(N)C(=O)O)N2C. The van der Waals surface area contributed by atoms with Crippen LogP contribution in [0.15, 0.2) is 12.1 Å². The van der Waals surface area contributed by atoms with Crippen LogP contribution in [0.2, 0.25) is 0 Å². The van der Waals surface area contributed by atoms with Crippen molar-refractivity contribution in [3.8, 4) is 0 Å². The van der Waals surface area contributed by atoms with Crippen molar-refractivity contribution in [2.75, 3.05) is 11.9 Å². The van der Waals surface area contributed by atoms with Gasteiger partial charge in [0, 0.05) is 12.7 Å². The second-order valence-corrected chi connectivity index (χ2v) is 4.77. The van der Waals surface area contributed by atoms with Gasteiger partial charge in [-0.25, -0.2) is 0 Å². The Bertz CT molecular complexity index is 471. The average Bonchev–Trinajstić information content (AvgIpc) is 2.62. The molecule has 0 fully saturated rings. The first kappa shape index (κ1) is 11.9. The van der Waals surface area contributed by atoms with Gasteiger partial charge >= 0.3 is 5.97 Å². The molecule has 1 aliphatic rings. The summed E-state index contributed by atoms with van der Waals surface area (Å²) < 4.78 is 0. The summed E-state index contributed by atoms with van der Waals surface area (Å²) in [6.45, 7) is 4.10. The van der Waals surface area contributed by atoms with Crippen LogP contribution < -0.4 is 10.6 Å². The summed E-state index contributed by atoms with van der Waals surface area (Å²) in [4.78, 5) is 13.0. The van der Waals surface area contributed by atoms with Gasteiger partial charge in [0.1, 0.15) is 6.04 Å². The van der Waals surface area contributed by atoms with Gasteiger partial charge in [0.05, 0.1) is 6.04 Å².